The van der Waals surface area contributed by atoms with E-state index in [9.17, 15) is 4.79 Å². The van der Waals surface area contributed by atoms with Gasteiger partial charge in [0.25, 0.3) is 5.91 Å². The Kier molecular flexibility index (Phi) is 4.77. The standard InChI is InChI=1S/C19H16N4O2/c1-23-12-15(16-7-3-4-8-17(16)23)11-21-22-19(24)13-25-18-9-5-2-6-14(18)10-20/h2-9,11-12H,13H2,1H3,(H,22,24)/b21-11+. The summed E-state index contributed by atoms with van der Waals surface area (Å²) in [6.07, 6.45) is 3.55. The maximum atomic E-state index is 11.8. The molecule has 0 aliphatic carbocycles. The largest absolute Gasteiger partial charge is 0.482 e. The zero-order valence-electron chi connectivity index (χ0n) is 13.6. The first-order valence-electron chi connectivity index (χ1n) is 7.67. The molecule has 25 heavy (non-hydrogen) atoms. The number of aromatic nitrogens is 1. The van der Waals surface area contributed by atoms with Gasteiger partial charge in [-0.15, -0.1) is 0 Å². The van der Waals surface area contributed by atoms with E-state index in [0.29, 0.717) is 11.3 Å². The zero-order chi connectivity index (χ0) is 17.6. The molecule has 0 radical (unpaired) electrons. The van der Waals surface area contributed by atoms with Gasteiger partial charge in [-0.25, -0.2) is 5.43 Å². The molecule has 0 unspecified atom stereocenters. The van der Waals surface area contributed by atoms with E-state index in [-0.39, 0.29) is 6.61 Å². The monoisotopic (exact) mass is 332 g/mol. The van der Waals surface area contributed by atoms with Crippen molar-refractivity contribution in [3.63, 3.8) is 0 Å². The fourth-order valence-electron chi connectivity index (χ4n) is 2.51. The van der Waals surface area contributed by atoms with E-state index in [2.05, 4.69) is 10.5 Å². The Bertz CT molecular complexity index is 982. The number of hydrogen-bond acceptors (Lipinski definition) is 4. The van der Waals surface area contributed by atoms with E-state index in [1.165, 1.54) is 0 Å². The summed E-state index contributed by atoms with van der Waals surface area (Å²) in [4.78, 5) is 11.8. The number of amides is 1. The van der Waals surface area contributed by atoms with Gasteiger partial charge in [-0.1, -0.05) is 30.3 Å². The van der Waals surface area contributed by atoms with Crippen LogP contribution in [-0.4, -0.2) is 23.3 Å². The van der Waals surface area contributed by atoms with E-state index in [1.54, 1.807) is 30.5 Å². The Morgan fingerprint density at radius 3 is 2.88 bits per heavy atom. The lowest BCUT2D eigenvalue weighted by molar-refractivity contribution is -0.123. The third kappa shape index (κ3) is 3.67. The predicted octanol–water partition coefficient (Wildman–Crippen LogP) is 2.58. The number of nitrogens with one attached hydrogen (secondary N) is 1. The van der Waals surface area contributed by atoms with Gasteiger partial charge in [0.1, 0.15) is 11.8 Å². The van der Waals surface area contributed by atoms with Crippen LogP contribution in [0.1, 0.15) is 11.1 Å². The van der Waals surface area contributed by atoms with E-state index in [4.69, 9.17) is 10.00 Å². The fraction of sp³-hybridized carbons (Fsp3) is 0.105. The van der Waals surface area contributed by atoms with Crippen LogP contribution in [0.15, 0.2) is 59.8 Å². The summed E-state index contributed by atoms with van der Waals surface area (Å²) in [7, 11) is 1.96. The predicted molar refractivity (Wildman–Crippen MR) is 95.3 cm³/mol. The molecule has 3 rings (SSSR count). The molecule has 0 fully saturated rings. The second-order valence-electron chi connectivity index (χ2n) is 5.40. The maximum Gasteiger partial charge on any atom is 0.277 e. The topological polar surface area (TPSA) is 79.4 Å². The van der Waals surface area contributed by atoms with Crippen LogP contribution >= 0.6 is 0 Å². The van der Waals surface area contributed by atoms with Gasteiger partial charge < -0.3 is 9.30 Å². The van der Waals surface area contributed by atoms with Crippen molar-refractivity contribution in [2.24, 2.45) is 12.1 Å². The maximum absolute atomic E-state index is 11.8. The van der Waals surface area contributed by atoms with Gasteiger partial charge in [0.15, 0.2) is 6.61 Å². The smallest absolute Gasteiger partial charge is 0.277 e. The lowest BCUT2D eigenvalue weighted by atomic mass is 10.2. The molecule has 6 heteroatoms. The summed E-state index contributed by atoms with van der Waals surface area (Å²) >= 11 is 0. The number of aryl methyl sites for hydroxylation is 1. The highest BCUT2D eigenvalue weighted by molar-refractivity contribution is 5.99. The summed E-state index contributed by atoms with van der Waals surface area (Å²) in [6.45, 7) is -0.217. The van der Waals surface area contributed by atoms with Crippen molar-refractivity contribution in [1.82, 2.24) is 9.99 Å². The van der Waals surface area contributed by atoms with Gasteiger partial charge in [0, 0.05) is 29.7 Å². The van der Waals surface area contributed by atoms with E-state index in [0.717, 1.165) is 16.5 Å². The number of hydrazone groups is 1. The Labute approximate surface area is 144 Å². The van der Waals surface area contributed by atoms with E-state index < -0.39 is 5.91 Å². The summed E-state index contributed by atoms with van der Waals surface area (Å²) < 4.78 is 7.35. The Hall–Kier alpha value is -3.59. The highest BCUT2D eigenvalue weighted by atomic mass is 16.5. The Morgan fingerprint density at radius 2 is 2.04 bits per heavy atom. The molecule has 0 aliphatic rings. The molecule has 3 aromatic rings. The first kappa shape index (κ1) is 16.3. The number of carbonyl (C=O) groups excluding carboxylic acids is 1. The molecule has 0 aliphatic heterocycles. The highest BCUT2D eigenvalue weighted by Gasteiger charge is 2.06. The molecule has 2 aromatic carbocycles. The van der Waals surface area contributed by atoms with Gasteiger partial charge in [-0.2, -0.15) is 10.4 Å². The SMILES string of the molecule is Cn1cc(/C=N/NC(=O)COc2ccccc2C#N)c2ccccc21. The van der Waals surface area contributed by atoms with Crippen molar-refractivity contribution in [3.05, 3.63) is 65.9 Å². The number of ether oxygens (including phenoxy) is 1. The minimum atomic E-state index is -0.399. The number of benzene rings is 2. The molecule has 1 N–H and O–H groups in total. The van der Waals surface area contributed by atoms with Crippen molar-refractivity contribution < 1.29 is 9.53 Å². The summed E-state index contributed by atoms with van der Waals surface area (Å²) in [6, 6.07) is 16.7. The lowest BCUT2D eigenvalue weighted by Gasteiger charge is -2.06. The van der Waals surface area contributed by atoms with Crippen molar-refractivity contribution >= 4 is 23.0 Å². The van der Waals surface area contributed by atoms with Gasteiger partial charge >= 0.3 is 0 Å². The normalized spacial score (nSPS) is 10.7. The van der Waals surface area contributed by atoms with Crippen molar-refractivity contribution in [2.75, 3.05) is 6.61 Å². The number of para-hydroxylation sites is 2. The fourth-order valence-corrected chi connectivity index (χ4v) is 2.51. The second-order valence-corrected chi connectivity index (χ2v) is 5.40. The molecule has 124 valence electrons. The van der Waals surface area contributed by atoms with Crippen molar-refractivity contribution in [3.8, 4) is 11.8 Å². The van der Waals surface area contributed by atoms with E-state index >= 15 is 0 Å². The molecular weight excluding hydrogens is 316 g/mol. The third-order valence-corrected chi connectivity index (χ3v) is 3.69. The highest BCUT2D eigenvalue weighted by Crippen LogP contribution is 2.18. The number of fused-ring (bicyclic) bond motifs is 1. The molecule has 1 aromatic heterocycles. The van der Waals surface area contributed by atoms with Crippen LogP contribution in [0.25, 0.3) is 10.9 Å². The number of carbonyl (C=O) groups is 1. The van der Waals surface area contributed by atoms with Crippen LogP contribution in [0.3, 0.4) is 0 Å². The molecule has 0 saturated carbocycles. The van der Waals surface area contributed by atoms with Crippen LogP contribution in [0, 0.1) is 11.3 Å². The molecule has 6 nitrogen and oxygen atoms in total. The van der Waals surface area contributed by atoms with Crippen molar-refractivity contribution in [2.45, 2.75) is 0 Å². The van der Waals surface area contributed by atoms with Crippen molar-refractivity contribution in [1.29, 1.82) is 5.26 Å². The quantitative estimate of drug-likeness (QED) is 0.576. The van der Waals surface area contributed by atoms with Crippen LogP contribution in [0.2, 0.25) is 0 Å². The number of hydrogen-bond donors (Lipinski definition) is 1. The lowest BCUT2D eigenvalue weighted by Crippen LogP contribution is -2.24. The molecular formula is C19H16N4O2. The van der Waals surface area contributed by atoms with Crippen LogP contribution in [0.4, 0.5) is 0 Å². The molecule has 0 atom stereocenters. The average Bonchev–Trinajstić information content (AvgIpc) is 2.96. The summed E-state index contributed by atoms with van der Waals surface area (Å²) in [5.74, 6) is -0.0255. The van der Waals surface area contributed by atoms with Gasteiger partial charge in [-0.3, -0.25) is 4.79 Å². The first-order valence-corrected chi connectivity index (χ1v) is 7.67. The Morgan fingerprint density at radius 1 is 1.28 bits per heavy atom. The van der Waals surface area contributed by atoms with Gasteiger partial charge in [0.2, 0.25) is 0 Å². The number of rotatable bonds is 5. The van der Waals surface area contributed by atoms with Crippen LogP contribution in [-0.2, 0) is 11.8 Å². The Balaban J connectivity index is 1.60. The molecule has 0 spiro atoms. The van der Waals surface area contributed by atoms with Crippen LogP contribution < -0.4 is 10.2 Å². The van der Waals surface area contributed by atoms with Crippen LogP contribution in [0.5, 0.6) is 5.75 Å². The summed E-state index contributed by atoms with van der Waals surface area (Å²) in [5, 5.41) is 14.0. The minimum absolute atomic E-state index is 0.217. The van der Waals surface area contributed by atoms with Gasteiger partial charge in [-0.05, 0) is 18.2 Å². The second kappa shape index (κ2) is 7.32. The number of nitrogens with zero attached hydrogens (tertiary/aromatic N) is 3. The molecule has 1 amide bonds. The number of nitriles is 1. The van der Waals surface area contributed by atoms with Gasteiger partial charge in [0.05, 0.1) is 11.8 Å². The molecule has 0 saturated heterocycles. The third-order valence-electron chi connectivity index (χ3n) is 3.69. The average molecular weight is 332 g/mol. The molecule has 0 bridgehead atoms. The van der Waals surface area contributed by atoms with E-state index in [1.807, 2.05) is 48.1 Å². The summed E-state index contributed by atoms with van der Waals surface area (Å²) in [5.41, 5.74) is 4.81. The first-order chi connectivity index (χ1) is 12.2. The molecule has 1 heterocycles. The minimum Gasteiger partial charge on any atom is -0.482 e. The zero-order valence-corrected chi connectivity index (χ0v) is 13.6.